The highest BCUT2D eigenvalue weighted by molar-refractivity contribution is 6.31. The SMILES string of the molecule is COc1ccc(/C=C/C(=O)Nc2c(C)nn(Cc3ccc(F)cc3Cl)c2C)cc1COc1cccc(C)c1. The van der Waals surface area contributed by atoms with Crippen molar-refractivity contribution >= 4 is 29.3 Å². The Morgan fingerprint density at radius 3 is 2.63 bits per heavy atom. The van der Waals surface area contributed by atoms with Gasteiger partial charge in [0.2, 0.25) is 5.91 Å². The van der Waals surface area contributed by atoms with E-state index in [1.807, 2.05) is 63.2 Å². The minimum Gasteiger partial charge on any atom is -0.496 e. The van der Waals surface area contributed by atoms with Gasteiger partial charge in [-0.15, -0.1) is 0 Å². The first-order valence-corrected chi connectivity index (χ1v) is 12.4. The van der Waals surface area contributed by atoms with Gasteiger partial charge >= 0.3 is 0 Å². The van der Waals surface area contributed by atoms with Gasteiger partial charge in [0.05, 0.1) is 30.7 Å². The lowest BCUT2D eigenvalue weighted by Crippen LogP contribution is -2.10. The molecule has 0 aliphatic heterocycles. The summed E-state index contributed by atoms with van der Waals surface area (Å²) in [6.07, 6.45) is 3.21. The van der Waals surface area contributed by atoms with Gasteiger partial charge in [0.15, 0.2) is 0 Å². The van der Waals surface area contributed by atoms with E-state index in [9.17, 15) is 9.18 Å². The summed E-state index contributed by atoms with van der Waals surface area (Å²) in [5.41, 5.74) is 5.61. The number of amides is 1. The molecular weight excluding hydrogens is 505 g/mol. The number of aryl methyl sites for hydroxylation is 2. The zero-order chi connectivity index (χ0) is 27.2. The highest BCUT2D eigenvalue weighted by Crippen LogP contribution is 2.25. The molecule has 4 aromatic rings. The molecular formula is C30H29ClFN3O3. The van der Waals surface area contributed by atoms with Crippen molar-refractivity contribution < 1.29 is 18.7 Å². The Morgan fingerprint density at radius 2 is 1.89 bits per heavy atom. The first-order chi connectivity index (χ1) is 18.2. The average Bonchev–Trinajstić information content (AvgIpc) is 3.15. The summed E-state index contributed by atoms with van der Waals surface area (Å²) in [6, 6.07) is 17.8. The Morgan fingerprint density at radius 1 is 1.08 bits per heavy atom. The number of nitrogens with one attached hydrogen (secondary N) is 1. The minimum atomic E-state index is -0.394. The fraction of sp³-hybridized carbons (Fsp3) is 0.200. The second-order valence-electron chi connectivity index (χ2n) is 8.94. The lowest BCUT2D eigenvalue weighted by atomic mass is 10.1. The smallest absolute Gasteiger partial charge is 0.248 e. The Hall–Kier alpha value is -4.10. The lowest BCUT2D eigenvalue weighted by Gasteiger charge is -2.11. The Kier molecular flexibility index (Phi) is 8.48. The largest absolute Gasteiger partial charge is 0.496 e. The van der Waals surface area contributed by atoms with Crippen LogP contribution in [0.25, 0.3) is 6.08 Å². The number of carbonyl (C=O) groups is 1. The van der Waals surface area contributed by atoms with E-state index in [-0.39, 0.29) is 5.91 Å². The van der Waals surface area contributed by atoms with E-state index >= 15 is 0 Å². The van der Waals surface area contributed by atoms with Crippen LogP contribution in [0.1, 0.15) is 33.6 Å². The Balaban J connectivity index is 1.44. The number of hydrogen-bond acceptors (Lipinski definition) is 4. The van der Waals surface area contributed by atoms with Crippen molar-refractivity contribution in [2.45, 2.75) is 33.9 Å². The van der Waals surface area contributed by atoms with Crippen molar-refractivity contribution in [1.29, 1.82) is 0 Å². The second kappa shape index (κ2) is 12.0. The molecule has 0 saturated heterocycles. The molecule has 1 N–H and O–H groups in total. The van der Waals surface area contributed by atoms with E-state index in [0.717, 1.165) is 33.7 Å². The van der Waals surface area contributed by atoms with Crippen LogP contribution in [0.4, 0.5) is 10.1 Å². The van der Waals surface area contributed by atoms with E-state index in [1.54, 1.807) is 23.9 Å². The Bertz CT molecular complexity index is 1500. The average molecular weight is 534 g/mol. The van der Waals surface area contributed by atoms with E-state index in [0.29, 0.717) is 35.3 Å². The quantitative estimate of drug-likeness (QED) is 0.238. The molecule has 4 rings (SSSR count). The molecule has 0 fully saturated rings. The maximum absolute atomic E-state index is 13.4. The van der Waals surface area contributed by atoms with Crippen LogP contribution in [-0.2, 0) is 17.9 Å². The summed E-state index contributed by atoms with van der Waals surface area (Å²) in [7, 11) is 1.61. The van der Waals surface area contributed by atoms with Crippen molar-refractivity contribution in [3.8, 4) is 11.5 Å². The van der Waals surface area contributed by atoms with Crippen LogP contribution in [0.2, 0.25) is 5.02 Å². The number of benzene rings is 3. The van der Waals surface area contributed by atoms with Gasteiger partial charge in [-0.1, -0.05) is 35.9 Å². The van der Waals surface area contributed by atoms with Gasteiger partial charge in [-0.3, -0.25) is 9.48 Å². The summed E-state index contributed by atoms with van der Waals surface area (Å²) in [4.78, 5) is 12.8. The molecule has 0 radical (unpaired) electrons. The maximum Gasteiger partial charge on any atom is 0.248 e. The Labute approximate surface area is 226 Å². The number of carbonyl (C=O) groups excluding carboxylic acids is 1. The number of aromatic nitrogens is 2. The number of hydrogen-bond donors (Lipinski definition) is 1. The molecule has 0 bridgehead atoms. The third kappa shape index (κ3) is 6.61. The zero-order valence-corrected chi connectivity index (χ0v) is 22.5. The predicted octanol–water partition coefficient (Wildman–Crippen LogP) is 6.89. The third-order valence-electron chi connectivity index (χ3n) is 6.08. The highest BCUT2D eigenvalue weighted by Gasteiger charge is 2.15. The van der Waals surface area contributed by atoms with Gasteiger partial charge in [0.1, 0.15) is 23.9 Å². The summed E-state index contributed by atoms with van der Waals surface area (Å²) in [6.45, 7) is 6.38. The predicted molar refractivity (Wildman–Crippen MR) is 148 cm³/mol. The van der Waals surface area contributed by atoms with Crippen LogP contribution in [0.3, 0.4) is 0 Å². The fourth-order valence-electron chi connectivity index (χ4n) is 4.06. The molecule has 0 saturated carbocycles. The van der Waals surface area contributed by atoms with Gasteiger partial charge in [-0.05, 0) is 79.9 Å². The second-order valence-corrected chi connectivity index (χ2v) is 9.35. The molecule has 8 heteroatoms. The maximum atomic E-state index is 13.4. The number of rotatable bonds is 9. The van der Waals surface area contributed by atoms with Crippen LogP contribution >= 0.6 is 11.6 Å². The summed E-state index contributed by atoms with van der Waals surface area (Å²) in [5.74, 6) is 0.804. The van der Waals surface area contributed by atoms with E-state index < -0.39 is 5.82 Å². The summed E-state index contributed by atoms with van der Waals surface area (Å²) >= 11 is 6.17. The van der Waals surface area contributed by atoms with Gasteiger partial charge in [0.25, 0.3) is 0 Å². The van der Waals surface area contributed by atoms with Crippen LogP contribution < -0.4 is 14.8 Å². The van der Waals surface area contributed by atoms with Gasteiger partial charge in [-0.2, -0.15) is 5.10 Å². The standard InChI is InChI=1S/C30H29ClFN3O3/c1-19-6-5-7-26(14-19)38-18-24-15-22(8-12-28(24)37-4)9-13-29(36)33-30-20(2)34-35(21(30)3)17-23-10-11-25(32)16-27(23)31/h5-16H,17-18H2,1-4H3,(H,33,36)/b13-9+. The molecule has 38 heavy (non-hydrogen) atoms. The van der Waals surface area contributed by atoms with Crippen molar-refractivity contribution in [3.05, 3.63) is 111 Å². The van der Waals surface area contributed by atoms with Crippen molar-refractivity contribution in [2.75, 3.05) is 12.4 Å². The van der Waals surface area contributed by atoms with Crippen molar-refractivity contribution in [3.63, 3.8) is 0 Å². The van der Waals surface area contributed by atoms with Crippen molar-refractivity contribution in [2.24, 2.45) is 0 Å². The van der Waals surface area contributed by atoms with Crippen LogP contribution in [-0.4, -0.2) is 22.8 Å². The monoisotopic (exact) mass is 533 g/mol. The van der Waals surface area contributed by atoms with Crippen molar-refractivity contribution in [1.82, 2.24) is 9.78 Å². The first-order valence-electron chi connectivity index (χ1n) is 12.1. The van der Waals surface area contributed by atoms with Gasteiger partial charge in [-0.25, -0.2) is 4.39 Å². The van der Waals surface area contributed by atoms with Crippen LogP contribution in [0, 0.1) is 26.6 Å². The number of methoxy groups -OCH3 is 1. The fourth-order valence-corrected chi connectivity index (χ4v) is 4.29. The first kappa shape index (κ1) is 26.9. The molecule has 0 aliphatic carbocycles. The zero-order valence-electron chi connectivity index (χ0n) is 21.7. The molecule has 1 heterocycles. The molecule has 1 amide bonds. The van der Waals surface area contributed by atoms with Gasteiger partial charge < -0.3 is 14.8 Å². The normalized spacial score (nSPS) is 11.1. The topological polar surface area (TPSA) is 65.4 Å². The van der Waals surface area contributed by atoms with E-state index in [2.05, 4.69) is 10.4 Å². The van der Waals surface area contributed by atoms with E-state index in [1.165, 1.54) is 18.2 Å². The van der Waals surface area contributed by atoms with Gasteiger partial charge in [0, 0.05) is 16.7 Å². The minimum absolute atomic E-state index is 0.288. The third-order valence-corrected chi connectivity index (χ3v) is 6.43. The summed E-state index contributed by atoms with van der Waals surface area (Å²) < 4.78 is 26.5. The van der Waals surface area contributed by atoms with Crippen LogP contribution in [0.5, 0.6) is 11.5 Å². The summed E-state index contributed by atoms with van der Waals surface area (Å²) in [5, 5.41) is 7.76. The molecule has 0 aliphatic rings. The molecule has 0 atom stereocenters. The molecule has 1 aromatic heterocycles. The molecule has 196 valence electrons. The molecule has 0 spiro atoms. The number of anilines is 1. The van der Waals surface area contributed by atoms with E-state index in [4.69, 9.17) is 21.1 Å². The number of nitrogens with zero attached hydrogens (tertiary/aromatic N) is 2. The molecule has 3 aromatic carbocycles. The highest BCUT2D eigenvalue weighted by atomic mass is 35.5. The number of halogens is 2. The van der Waals surface area contributed by atoms with Crippen LogP contribution in [0.15, 0.2) is 66.7 Å². The molecule has 0 unspecified atom stereocenters. The molecule has 6 nitrogen and oxygen atoms in total. The lowest BCUT2D eigenvalue weighted by molar-refractivity contribution is -0.111. The number of ether oxygens (including phenoxy) is 2.